The van der Waals surface area contributed by atoms with Gasteiger partial charge in [0.2, 0.25) is 0 Å². The predicted molar refractivity (Wildman–Crippen MR) is 76.3 cm³/mol. The van der Waals surface area contributed by atoms with Gasteiger partial charge in [0.05, 0.1) is 0 Å². The molecule has 0 aliphatic rings. The van der Waals surface area contributed by atoms with Gasteiger partial charge in [-0.2, -0.15) is 0 Å². The lowest BCUT2D eigenvalue weighted by Crippen LogP contribution is -2.35. The molecule has 0 radical (unpaired) electrons. The van der Waals surface area contributed by atoms with Crippen LogP contribution < -0.4 is 15.5 Å². The first-order valence-electron chi connectivity index (χ1n) is 5.78. The van der Waals surface area contributed by atoms with Gasteiger partial charge in [-0.15, -0.1) is 0 Å². The van der Waals surface area contributed by atoms with Gasteiger partial charge in [0.25, 0.3) is 0 Å². The third-order valence-electron chi connectivity index (χ3n) is 2.27. The molecule has 1 aromatic heterocycles. The summed E-state index contributed by atoms with van der Waals surface area (Å²) >= 11 is 5.17. The van der Waals surface area contributed by atoms with Crippen LogP contribution in [0.15, 0.2) is 18.3 Å². The van der Waals surface area contributed by atoms with Crippen LogP contribution in [0.2, 0.25) is 0 Å². The molecule has 0 unspecified atom stereocenters. The minimum Gasteiger partial charge on any atom is -0.363 e. The summed E-state index contributed by atoms with van der Waals surface area (Å²) in [6.45, 7) is 3.71. The summed E-state index contributed by atoms with van der Waals surface area (Å²) in [5, 5.41) is 7.02. The van der Waals surface area contributed by atoms with Gasteiger partial charge in [0, 0.05) is 38.9 Å². The van der Waals surface area contributed by atoms with Crippen molar-refractivity contribution in [2.75, 3.05) is 25.5 Å². The first-order valence-corrected chi connectivity index (χ1v) is 6.19. The van der Waals surface area contributed by atoms with Crippen LogP contribution in [0, 0.1) is 0 Å². The van der Waals surface area contributed by atoms with Crippen LogP contribution in [-0.4, -0.2) is 30.7 Å². The van der Waals surface area contributed by atoms with Crippen molar-refractivity contribution in [2.45, 2.75) is 19.9 Å². The van der Waals surface area contributed by atoms with E-state index in [1.54, 1.807) is 6.20 Å². The number of hydrogen-bond acceptors (Lipinski definition) is 3. The average Bonchev–Trinajstić information content (AvgIpc) is 2.34. The second kappa shape index (κ2) is 7.06. The first kappa shape index (κ1) is 13.7. The maximum atomic E-state index is 5.17. The van der Waals surface area contributed by atoms with Gasteiger partial charge in [-0.05, 0) is 24.7 Å². The number of aromatic nitrogens is 1. The van der Waals surface area contributed by atoms with Gasteiger partial charge >= 0.3 is 0 Å². The molecule has 4 nitrogen and oxygen atoms in total. The quantitative estimate of drug-likeness (QED) is 0.778. The van der Waals surface area contributed by atoms with Crippen molar-refractivity contribution in [1.82, 2.24) is 15.6 Å². The molecule has 0 atom stereocenters. The number of rotatable bonds is 5. The zero-order valence-electron chi connectivity index (χ0n) is 10.7. The van der Waals surface area contributed by atoms with E-state index in [1.165, 1.54) is 0 Å². The Morgan fingerprint density at radius 1 is 1.41 bits per heavy atom. The largest absolute Gasteiger partial charge is 0.363 e. The van der Waals surface area contributed by atoms with Gasteiger partial charge < -0.3 is 15.5 Å². The molecular formula is C12H20N4S. The number of thiocarbonyl (C=S) groups is 1. The maximum Gasteiger partial charge on any atom is 0.166 e. The molecule has 0 aliphatic carbocycles. The van der Waals surface area contributed by atoms with E-state index in [0.29, 0.717) is 11.7 Å². The van der Waals surface area contributed by atoms with E-state index in [4.69, 9.17) is 12.2 Å². The molecule has 1 rings (SSSR count). The normalized spacial score (nSPS) is 9.82. The summed E-state index contributed by atoms with van der Waals surface area (Å²) < 4.78 is 0. The molecule has 17 heavy (non-hydrogen) atoms. The minimum atomic E-state index is 0.691. The fourth-order valence-electron chi connectivity index (χ4n) is 1.45. The Kier molecular flexibility index (Phi) is 5.69. The third kappa shape index (κ3) is 4.56. The molecule has 0 saturated carbocycles. The monoisotopic (exact) mass is 252 g/mol. The molecule has 94 valence electrons. The van der Waals surface area contributed by atoms with E-state index >= 15 is 0 Å². The van der Waals surface area contributed by atoms with E-state index in [2.05, 4.69) is 28.6 Å². The van der Waals surface area contributed by atoms with Crippen LogP contribution in [0.1, 0.15) is 18.9 Å². The standard InChI is InChI=1S/C12H20N4S/c1-4-7-14-12(17)15-9-10-6-5-8-13-11(10)16(2)3/h5-6,8H,4,7,9H2,1-3H3,(H2,14,15,17). The Labute approximate surface area is 108 Å². The lowest BCUT2D eigenvalue weighted by atomic mass is 10.2. The molecule has 0 saturated heterocycles. The Bertz CT molecular complexity index is 365. The van der Waals surface area contributed by atoms with E-state index < -0.39 is 0 Å². The lowest BCUT2D eigenvalue weighted by molar-refractivity contribution is 0.797. The van der Waals surface area contributed by atoms with Crippen LogP contribution in [0.3, 0.4) is 0 Å². The first-order chi connectivity index (χ1) is 8.15. The number of nitrogens with zero attached hydrogens (tertiary/aromatic N) is 2. The summed E-state index contributed by atoms with van der Waals surface area (Å²) in [6.07, 6.45) is 2.87. The second-order valence-electron chi connectivity index (χ2n) is 3.99. The van der Waals surface area contributed by atoms with Gasteiger partial charge in [0.15, 0.2) is 5.11 Å². The van der Waals surface area contributed by atoms with Crippen molar-refractivity contribution in [1.29, 1.82) is 0 Å². The lowest BCUT2D eigenvalue weighted by Gasteiger charge is -2.17. The number of hydrogen-bond donors (Lipinski definition) is 2. The Morgan fingerprint density at radius 3 is 2.82 bits per heavy atom. The predicted octanol–water partition coefficient (Wildman–Crippen LogP) is 1.52. The van der Waals surface area contributed by atoms with Crippen LogP contribution in [-0.2, 0) is 6.54 Å². The van der Waals surface area contributed by atoms with Gasteiger partial charge in [-0.3, -0.25) is 0 Å². The highest BCUT2D eigenvalue weighted by Gasteiger charge is 2.05. The molecule has 1 heterocycles. The van der Waals surface area contributed by atoms with Crippen LogP contribution in [0.25, 0.3) is 0 Å². The van der Waals surface area contributed by atoms with E-state index in [1.807, 2.05) is 25.1 Å². The summed E-state index contributed by atoms with van der Waals surface area (Å²) in [7, 11) is 3.97. The van der Waals surface area contributed by atoms with Crippen molar-refractivity contribution in [3.63, 3.8) is 0 Å². The number of nitrogens with one attached hydrogen (secondary N) is 2. The zero-order chi connectivity index (χ0) is 12.7. The van der Waals surface area contributed by atoms with Crippen LogP contribution >= 0.6 is 12.2 Å². The molecule has 0 aromatic carbocycles. The third-order valence-corrected chi connectivity index (χ3v) is 2.55. The van der Waals surface area contributed by atoms with E-state index in [9.17, 15) is 0 Å². The minimum absolute atomic E-state index is 0.691. The summed E-state index contributed by atoms with van der Waals surface area (Å²) in [5.74, 6) is 0.971. The van der Waals surface area contributed by atoms with E-state index in [-0.39, 0.29) is 0 Å². The molecular weight excluding hydrogens is 232 g/mol. The number of anilines is 1. The van der Waals surface area contributed by atoms with Crippen molar-refractivity contribution in [3.8, 4) is 0 Å². The fraction of sp³-hybridized carbons (Fsp3) is 0.500. The van der Waals surface area contributed by atoms with Crippen LogP contribution in [0.5, 0.6) is 0 Å². The molecule has 0 aliphatic heterocycles. The molecule has 0 bridgehead atoms. The number of pyridine rings is 1. The van der Waals surface area contributed by atoms with Gasteiger partial charge in [0.1, 0.15) is 5.82 Å². The second-order valence-corrected chi connectivity index (χ2v) is 4.40. The summed E-state index contributed by atoms with van der Waals surface area (Å²) in [5.41, 5.74) is 1.14. The Balaban J connectivity index is 2.54. The van der Waals surface area contributed by atoms with Gasteiger partial charge in [-0.25, -0.2) is 4.98 Å². The average molecular weight is 252 g/mol. The molecule has 5 heteroatoms. The van der Waals surface area contributed by atoms with E-state index in [0.717, 1.165) is 24.3 Å². The molecule has 0 amide bonds. The molecule has 2 N–H and O–H groups in total. The van der Waals surface area contributed by atoms with Crippen molar-refractivity contribution >= 4 is 23.1 Å². The Morgan fingerprint density at radius 2 is 2.18 bits per heavy atom. The SMILES string of the molecule is CCCNC(=S)NCc1cccnc1N(C)C. The molecule has 0 spiro atoms. The highest BCUT2D eigenvalue weighted by atomic mass is 32.1. The fourth-order valence-corrected chi connectivity index (χ4v) is 1.62. The Hall–Kier alpha value is -1.36. The zero-order valence-corrected chi connectivity index (χ0v) is 11.5. The van der Waals surface area contributed by atoms with Gasteiger partial charge in [-0.1, -0.05) is 13.0 Å². The highest BCUT2D eigenvalue weighted by Crippen LogP contribution is 2.13. The summed E-state index contributed by atoms with van der Waals surface area (Å²) in [4.78, 5) is 6.34. The van der Waals surface area contributed by atoms with Crippen LogP contribution in [0.4, 0.5) is 5.82 Å². The topological polar surface area (TPSA) is 40.2 Å². The highest BCUT2D eigenvalue weighted by molar-refractivity contribution is 7.80. The molecule has 1 aromatic rings. The smallest absolute Gasteiger partial charge is 0.166 e. The maximum absolute atomic E-state index is 5.17. The van der Waals surface area contributed by atoms with Crippen molar-refractivity contribution in [3.05, 3.63) is 23.9 Å². The van der Waals surface area contributed by atoms with Crippen molar-refractivity contribution < 1.29 is 0 Å². The van der Waals surface area contributed by atoms with Crippen molar-refractivity contribution in [2.24, 2.45) is 0 Å². The molecule has 0 fully saturated rings. The summed E-state index contributed by atoms with van der Waals surface area (Å²) in [6, 6.07) is 3.99.